The number of carbonyl (C=O) groups is 1. The second kappa shape index (κ2) is 6.97. The van der Waals surface area contributed by atoms with Crippen LogP contribution in [0.4, 0.5) is 13.2 Å². The normalized spacial score (nSPS) is 15.5. The first kappa shape index (κ1) is 19.4. The average molecular weight is 398 g/mol. The summed E-state index contributed by atoms with van der Waals surface area (Å²) in [4.78, 5) is 16.0. The van der Waals surface area contributed by atoms with Crippen LogP contribution in [0.3, 0.4) is 0 Å². The molecule has 0 spiro atoms. The lowest BCUT2D eigenvalue weighted by molar-refractivity contribution is -0.267. The first-order chi connectivity index (χ1) is 12.6. The summed E-state index contributed by atoms with van der Waals surface area (Å²) in [5.41, 5.74) is -2.39. The van der Waals surface area contributed by atoms with Crippen molar-refractivity contribution in [3.05, 3.63) is 52.2 Å². The zero-order valence-electron chi connectivity index (χ0n) is 14.5. The number of para-hydroxylation sites is 1. The summed E-state index contributed by atoms with van der Waals surface area (Å²) in [6.45, 7) is 3.11. The number of nitrogens with one attached hydrogen (secondary N) is 1. The molecule has 9 heteroatoms. The number of fused-ring (bicyclic) bond motifs is 1. The molecule has 1 amide bonds. The maximum atomic E-state index is 13.5. The molecular weight excluding hydrogens is 381 g/mol. The van der Waals surface area contributed by atoms with Crippen LogP contribution in [0.15, 0.2) is 40.1 Å². The predicted octanol–water partition coefficient (Wildman–Crippen LogP) is 4.22. The van der Waals surface area contributed by atoms with Crippen LogP contribution >= 0.6 is 11.3 Å². The van der Waals surface area contributed by atoms with Crippen molar-refractivity contribution >= 4 is 28.2 Å². The largest absolute Gasteiger partial charge is 0.459 e. The van der Waals surface area contributed by atoms with Gasteiger partial charge in [0, 0.05) is 16.5 Å². The Morgan fingerprint density at radius 1 is 1.37 bits per heavy atom. The molecule has 0 saturated heterocycles. The molecule has 2 heterocycles. The van der Waals surface area contributed by atoms with E-state index in [4.69, 9.17) is 4.42 Å². The van der Waals surface area contributed by atoms with Crippen molar-refractivity contribution in [1.82, 2.24) is 10.3 Å². The SMILES string of the molecule is Cc1csc(C(O)(CC(=O)NC(C)c2cc3ccccc3o2)C(F)(F)F)n1. The second-order valence-corrected chi connectivity index (χ2v) is 7.16. The molecule has 0 bridgehead atoms. The third kappa shape index (κ3) is 3.84. The Balaban J connectivity index is 1.77. The van der Waals surface area contributed by atoms with Crippen molar-refractivity contribution < 1.29 is 27.5 Å². The van der Waals surface area contributed by atoms with Gasteiger partial charge in [-0.15, -0.1) is 11.3 Å². The minimum absolute atomic E-state index is 0.341. The van der Waals surface area contributed by atoms with Crippen molar-refractivity contribution in [2.24, 2.45) is 0 Å². The summed E-state index contributed by atoms with van der Waals surface area (Å²) in [5, 5.41) is 14.3. The molecule has 3 aromatic rings. The van der Waals surface area contributed by atoms with Crippen molar-refractivity contribution in [2.45, 2.75) is 38.1 Å². The van der Waals surface area contributed by atoms with Gasteiger partial charge in [0.25, 0.3) is 0 Å². The molecule has 2 aromatic heterocycles. The van der Waals surface area contributed by atoms with E-state index in [2.05, 4.69) is 10.3 Å². The number of amides is 1. The smallest absolute Gasteiger partial charge is 0.424 e. The number of aliphatic hydroxyl groups is 1. The fourth-order valence-electron chi connectivity index (χ4n) is 2.65. The van der Waals surface area contributed by atoms with Crippen LogP contribution in [0, 0.1) is 6.92 Å². The predicted molar refractivity (Wildman–Crippen MR) is 94.2 cm³/mol. The lowest BCUT2D eigenvalue weighted by Gasteiger charge is -2.28. The first-order valence-electron chi connectivity index (χ1n) is 8.10. The van der Waals surface area contributed by atoms with Gasteiger partial charge in [0.15, 0.2) is 0 Å². The van der Waals surface area contributed by atoms with Gasteiger partial charge in [0.1, 0.15) is 16.4 Å². The molecule has 5 nitrogen and oxygen atoms in total. The van der Waals surface area contributed by atoms with E-state index in [1.54, 1.807) is 25.1 Å². The fourth-order valence-corrected chi connectivity index (χ4v) is 3.57. The number of nitrogens with zero attached hydrogens (tertiary/aromatic N) is 1. The van der Waals surface area contributed by atoms with Gasteiger partial charge in [-0.25, -0.2) is 4.98 Å². The molecule has 0 aliphatic heterocycles. The van der Waals surface area contributed by atoms with Gasteiger partial charge in [-0.1, -0.05) is 18.2 Å². The number of rotatable bonds is 5. The lowest BCUT2D eigenvalue weighted by atomic mass is 9.99. The maximum Gasteiger partial charge on any atom is 0.424 e. The Morgan fingerprint density at radius 2 is 2.07 bits per heavy atom. The first-order valence-corrected chi connectivity index (χ1v) is 8.97. The van der Waals surface area contributed by atoms with Gasteiger partial charge < -0.3 is 14.8 Å². The summed E-state index contributed by atoms with van der Waals surface area (Å²) in [5.74, 6) is -0.555. The minimum atomic E-state index is -5.04. The molecule has 0 fully saturated rings. The molecule has 0 saturated carbocycles. The van der Waals surface area contributed by atoms with Gasteiger partial charge in [-0.2, -0.15) is 13.2 Å². The molecule has 0 aliphatic rings. The topological polar surface area (TPSA) is 75.4 Å². The fraction of sp³-hybridized carbons (Fsp3) is 0.333. The summed E-state index contributed by atoms with van der Waals surface area (Å²) in [6.07, 6.45) is -6.23. The Labute approximate surface area is 156 Å². The Kier molecular flexibility index (Phi) is 5.00. The van der Waals surface area contributed by atoms with E-state index in [9.17, 15) is 23.1 Å². The van der Waals surface area contributed by atoms with Crippen LogP contribution in [0.25, 0.3) is 11.0 Å². The number of carbonyl (C=O) groups excluding carboxylic acids is 1. The molecule has 0 aliphatic carbocycles. The zero-order chi connectivity index (χ0) is 19.8. The molecule has 27 heavy (non-hydrogen) atoms. The van der Waals surface area contributed by atoms with Crippen LogP contribution in [-0.4, -0.2) is 22.2 Å². The number of hydrogen-bond acceptors (Lipinski definition) is 5. The van der Waals surface area contributed by atoms with E-state index >= 15 is 0 Å². The minimum Gasteiger partial charge on any atom is -0.459 e. The van der Waals surface area contributed by atoms with Gasteiger partial charge in [-0.05, 0) is 26.0 Å². The third-order valence-corrected chi connectivity index (χ3v) is 5.22. The second-order valence-electron chi connectivity index (χ2n) is 6.30. The van der Waals surface area contributed by atoms with Crippen molar-refractivity contribution in [3.63, 3.8) is 0 Å². The lowest BCUT2D eigenvalue weighted by Crippen LogP contribution is -2.46. The van der Waals surface area contributed by atoms with E-state index in [0.29, 0.717) is 28.4 Å². The number of aromatic nitrogens is 1. The van der Waals surface area contributed by atoms with Crippen LogP contribution in [0.2, 0.25) is 0 Å². The molecule has 2 atom stereocenters. The van der Waals surface area contributed by atoms with Crippen LogP contribution in [0.1, 0.15) is 35.8 Å². The van der Waals surface area contributed by atoms with E-state index in [1.807, 2.05) is 12.1 Å². The van der Waals surface area contributed by atoms with E-state index < -0.39 is 35.2 Å². The van der Waals surface area contributed by atoms with Crippen molar-refractivity contribution in [2.75, 3.05) is 0 Å². The highest BCUT2D eigenvalue weighted by Gasteiger charge is 2.58. The molecule has 2 unspecified atom stereocenters. The number of furan rings is 1. The Morgan fingerprint density at radius 3 is 2.67 bits per heavy atom. The van der Waals surface area contributed by atoms with Gasteiger partial charge in [0.2, 0.25) is 11.5 Å². The highest BCUT2D eigenvalue weighted by Crippen LogP contribution is 2.42. The number of aryl methyl sites for hydroxylation is 1. The maximum absolute atomic E-state index is 13.5. The van der Waals surface area contributed by atoms with E-state index in [0.717, 1.165) is 5.39 Å². The van der Waals surface area contributed by atoms with Crippen molar-refractivity contribution in [3.8, 4) is 0 Å². The monoisotopic (exact) mass is 398 g/mol. The zero-order valence-corrected chi connectivity index (χ0v) is 15.3. The van der Waals surface area contributed by atoms with Gasteiger partial charge >= 0.3 is 6.18 Å². The molecule has 3 rings (SSSR count). The Hall–Kier alpha value is -2.39. The Bertz CT molecular complexity index is 933. The van der Waals surface area contributed by atoms with Crippen LogP contribution < -0.4 is 5.32 Å². The molecule has 2 N–H and O–H groups in total. The number of alkyl halides is 3. The molecule has 0 radical (unpaired) electrons. The van der Waals surface area contributed by atoms with Crippen LogP contribution in [0.5, 0.6) is 0 Å². The van der Waals surface area contributed by atoms with E-state index in [1.165, 1.54) is 12.3 Å². The number of halogens is 3. The number of benzene rings is 1. The summed E-state index contributed by atoms with van der Waals surface area (Å²) >= 11 is 0.664. The summed E-state index contributed by atoms with van der Waals surface area (Å²) in [6, 6.07) is 8.23. The van der Waals surface area contributed by atoms with Gasteiger partial charge in [-0.3, -0.25) is 4.79 Å². The van der Waals surface area contributed by atoms with E-state index in [-0.39, 0.29) is 0 Å². The quantitative estimate of drug-likeness (QED) is 0.675. The van der Waals surface area contributed by atoms with Crippen molar-refractivity contribution in [1.29, 1.82) is 0 Å². The summed E-state index contributed by atoms with van der Waals surface area (Å²) in [7, 11) is 0. The number of thiazole rings is 1. The standard InChI is InChI=1S/C18H17F3N2O3S/c1-10-9-27-16(22-10)17(25,18(19,20)21)8-15(24)23-11(2)14-7-12-5-3-4-6-13(12)26-14/h3-7,9,11,25H,8H2,1-2H3,(H,23,24). The van der Waals surface area contributed by atoms with Gasteiger partial charge in [0.05, 0.1) is 12.5 Å². The highest BCUT2D eigenvalue weighted by molar-refractivity contribution is 7.09. The molecule has 1 aromatic carbocycles. The highest BCUT2D eigenvalue weighted by atomic mass is 32.1. The number of hydrogen-bond donors (Lipinski definition) is 2. The molecule has 144 valence electrons. The third-order valence-electron chi connectivity index (χ3n) is 4.11. The summed E-state index contributed by atoms with van der Waals surface area (Å²) < 4.78 is 46.0. The average Bonchev–Trinajstić information content (AvgIpc) is 3.19. The van der Waals surface area contributed by atoms with Crippen LogP contribution in [-0.2, 0) is 10.4 Å². The molecular formula is C18H17F3N2O3S.